The second-order valence-electron chi connectivity index (χ2n) is 16.6. The molecular formula is C46H54N6O5Si. The summed E-state index contributed by atoms with van der Waals surface area (Å²) < 4.78 is 14.7. The zero-order chi connectivity index (χ0) is 40.4. The summed E-state index contributed by atoms with van der Waals surface area (Å²) in [5.74, 6) is 0.344. The molecule has 58 heavy (non-hydrogen) atoms. The van der Waals surface area contributed by atoms with Gasteiger partial charge in [0.05, 0.1) is 57.7 Å². The number of aliphatic hydroxyl groups is 1. The van der Waals surface area contributed by atoms with Crippen molar-refractivity contribution < 1.29 is 24.2 Å². The third kappa shape index (κ3) is 7.38. The summed E-state index contributed by atoms with van der Waals surface area (Å²) in [6.45, 7) is 9.48. The Morgan fingerprint density at radius 1 is 1.03 bits per heavy atom. The molecule has 2 saturated heterocycles. The van der Waals surface area contributed by atoms with E-state index in [4.69, 9.17) is 9.47 Å². The van der Waals surface area contributed by atoms with Crippen molar-refractivity contribution in [1.82, 2.24) is 20.3 Å². The first kappa shape index (κ1) is 39.7. The monoisotopic (exact) mass is 798 g/mol. The van der Waals surface area contributed by atoms with Crippen molar-refractivity contribution in [2.75, 3.05) is 37.0 Å². The van der Waals surface area contributed by atoms with Crippen molar-refractivity contribution in [2.45, 2.75) is 75.5 Å². The van der Waals surface area contributed by atoms with Crippen LogP contribution in [0.3, 0.4) is 0 Å². The van der Waals surface area contributed by atoms with Crippen LogP contribution < -0.4 is 25.5 Å². The minimum Gasteiger partial charge on any atom is -0.497 e. The van der Waals surface area contributed by atoms with E-state index in [1.807, 2.05) is 101 Å². The van der Waals surface area contributed by atoms with Crippen molar-refractivity contribution >= 4 is 36.4 Å². The lowest BCUT2D eigenvalue weighted by molar-refractivity contribution is -0.146. The lowest BCUT2D eigenvalue weighted by atomic mass is 9.82. The third-order valence-electron chi connectivity index (χ3n) is 12.9. The number of anilines is 2. The molecule has 4 heterocycles. The molecule has 0 radical (unpaired) electrons. The maximum Gasteiger partial charge on any atom is 0.264 e. The summed E-state index contributed by atoms with van der Waals surface area (Å²) in [4.78, 5) is 30.0. The summed E-state index contributed by atoms with van der Waals surface area (Å²) in [6, 6.07) is 34.2. The number of ether oxygens (including phenoxy) is 2. The van der Waals surface area contributed by atoms with Gasteiger partial charge in [0.15, 0.2) is 5.60 Å². The van der Waals surface area contributed by atoms with E-state index in [1.165, 1.54) is 5.19 Å². The molecule has 4 aromatic carbocycles. The minimum absolute atomic E-state index is 0.0332. The predicted molar refractivity (Wildman–Crippen MR) is 228 cm³/mol. The first-order valence-corrected chi connectivity index (χ1v) is 23.6. The van der Waals surface area contributed by atoms with Crippen LogP contribution in [0.4, 0.5) is 11.4 Å². The summed E-state index contributed by atoms with van der Waals surface area (Å²) in [7, 11) is -0.670. The van der Waals surface area contributed by atoms with Gasteiger partial charge >= 0.3 is 0 Å². The molecule has 2 fully saturated rings. The van der Waals surface area contributed by atoms with Gasteiger partial charge in [-0.05, 0) is 72.8 Å². The molecule has 2 unspecified atom stereocenters. The second kappa shape index (κ2) is 16.6. The number of rotatable bonds is 13. The number of nitrogens with zero attached hydrogens (tertiary/aromatic N) is 4. The fourth-order valence-electron chi connectivity index (χ4n) is 9.79. The SMILES string of the molecule is COc1ccc([Si](C)(C)[C@@H]2[C@@H](CCn3cc(C(CO)c4ccccc4)nn3)O[C@]3(C(=O)N(Cc4ccc(NC(=O)C5CCCNC5)cc4)c4ccccc43)[C@H]2C)cc1. The molecule has 3 aliphatic heterocycles. The van der Waals surface area contributed by atoms with Gasteiger partial charge in [0.1, 0.15) is 5.75 Å². The maximum atomic E-state index is 15.2. The van der Waals surface area contributed by atoms with Gasteiger partial charge in [-0.15, -0.1) is 5.10 Å². The highest BCUT2D eigenvalue weighted by atomic mass is 28.3. The third-order valence-corrected chi connectivity index (χ3v) is 17.3. The molecule has 0 bridgehead atoms. The van der Waals surface area contributed by atoms with Crippen molar-refractivity contribution in [1.29, 1.82) is 0 Å². The van der Waals surface area contributed by atoms with Crippen LogP contribution in [0.2, 0.25) is 18.6 Å². The number of benzene rings is 4. The molecule has 8 rings (SSSR count). The molecule has 3 aliphatic rings. The predicted octanol–water partition coefficient (Wildman–Crippen LogP) is 6.20. The second-order valence-corrected chi connectivity index (χ2v) is 21.3. The minimum atomic E-state index is -2.35. The highest BCUT2D eigenvalue weighted by Gasteiger charge is 2.66. The quantitative estimate of drug-likeness (QED) is 0.120. The fraction of sp³-hybridized carbons (Fsp3) is 0.391. The average Bonchev–Trinajstić information content (AvgIpc) is 3.92. The van der Waals surface area contributed by atoms with E-state index in [9.17, 15) is 9.90 Å². The van der Waals surface area contributed by atoms with Crippen LogP contribution in [0, 0.1) is 11.8 Å². The van der Waals surface area contributed by atoms with E-state index in [1.54, 1.807) is 7.11 Å². The van der Waals surface area contributed by atoms with Gasteiger partial charge < -0.3 is 30.1 Å². The standard InChI is InChI=1S/C46H54N6O5Si/c1-31-43(58(3,4)37-22-20-36(56-2)21-23-37)42(24-26-51-29-40(49-50-51)38(30-53)33-11-6-5-7-12-33)57-46(31)39-14-8-9-15-41(39)52(45(46)55)28-32-16-18-35(19-17-32)48-44(54)34-13-10-25-47-27-34/h5-9,11-12,14-23,29,31,34,38,42-43,47,53H,10,13,24-28,30H2,1-4H3,(H,48,54)/t31-,34?,38?,42+,43-,46+/m0/s1. The summed E-state index contributed by atoms with van der Waals surface area (Å²) in [6.07, 6.45) is 4.18. The van der Waals surface area contributed by atoms with Crippen LogP contribution >= 0.6 is 0 Å². The van der Waals surface area contributed by atoms with Gasteiger partial charge in [-0.25, -0.2) is 0 Å². The van der Waals surface area contributed by atoms with Gasteiger partial charge in [-0.3, -0.25) is 14.3 Å². The molecule has 5 aromatic rings. The molecule has 11 nitrogen and oxygen atoms in total. The number of hydrogen-bond acceptors (Lipinski definition) is 8. The lowest BCUT2D eigenvalue weighted by Gasteiger charge is -2.37. The Balaban J connectivity index is 1.08. The fourth-order valence-corrected chi connectivity index (χ4v) is 13.8. The largest absolute Gasteiger partial charge is 0.497 e. The van der Waals surface area contributed by atoms with Gasteiger partial charge in [0, 0.05) is 36.5 Å². The molecule has 302 valence electrons. The Hall–Kier alpha value is -5.14. The van der Waals surface area contributed by atoms with E-state index >= 15 is 4.79 Å². The highest BCUT2D eigenvalue weighted by Crippen LogP contribution is 2.60. The topological polar surface area (TPSA) is 131 Å². The number of para-hydroxylation sites is 1. The van der Waals surface area contributed by atoms with Crippen LogP contribution in [0.5, 0.6) is 5.75 Å². The Morgan fingerprint density at radius 3 is 2.48 bits per heavy atom. The number of aryl methyl sites for hydroxylation is 1. The number of piperidine rings is 1. The van der Waals surface area contributed by atoms with E-state index in [2.05, 4.69) is 59.2 Å². The highest BCUT2D eigenvalue weighted by molar-refractivity contribution is 6.91. The molecule has 0 saturated carbocycles. The molecule has 12 heteroatoms. The Bertz CT molecular complexity index is 2210. The number of fused-ring (bicyclic) bond motifs is 2. The smallest absolute Gasteiger partial charge is 0.264 e. The number of aromatic nitrogens is 3. The summed E-state index contributed by atoms with van der Waals surface area (Å²) >= 11 is 0. The van der Waals surface area contributed by atoms with Crippen LogP contribution in [-0.2, 0) is 33.0 Å². The van der Waals surface area contributed by atoms with Crippen LogP contribution in [0.25, 0.3) is 0 Å². The maximum absolute atomic E-state index is 15.2. The van der Waals surface area contributed by atoms with Crippen molar-refractivity contribution in [3.63, 3.8) is 0 Å². The van der Waals surface area contributed by atoms with Crippen molar-refractivity contribution in [2.24, 2.45) is 11.8 Å². The molecule has 0 aliphatic carbocycles. The van der Waals surface area contributed by atoms with Gasteiger partial charge in [0.25, 0.3) is 5.91 Å². The van der Waals surface area contributed by atoms with Gasteiger partial charge in [0.2, 0.25) is 5.91 Å². The van der Waals surface area contributed by atoms with E-state index in [0.29, 0.717) is 31.7 Å². The number of methoxy groups -OCH3 is 1. The van der Waals surface area contributed by atoms with Gasteiger partial charge in [-0.2, -0.15) is 0 Å². The zero-order valence-electron chi connectivity index (χ0n) is 33.8. The Labute approximate surface area is 341 Å². The van der Waals surface area contributed by atoms with E-state index < -0.39 is 13.7 Å². The molecule has 2 amide bonds. The average molecular weight is 799 g/mol. The number of nitrogens with one attached hydrogen (secondary N) is 2. The Morgan fingerprint density at radius 2 is 1.78 bits per heavy atom. The summed E-state index contributed by atoms with van der Waals surface area (Å²) in [5.41, 5.74) is 4.07. The number of carbonyl (C=O) groups excluding carboxylic acids is 2. The normalized spacial score (nSPS) is 23.5. The molecule has 3 N–H and O–H groups in total. The van der Waals surface area contributed by atoms with Crippen LogP contribution in [0.15, 0.2) is 109 Å². The number of carbonyl (C=O) groups is 2. The van der Waals surface area contributed by atoms with E-state index in [-0.39, 0.29) is 47.8 Å². The zero-order valence-corrected chi connectivity index (χ0v) is 34.8. The first-order valence-electron chi connectivity index (χ1n) is 20.5. The van der Waals surface area contributed by atoms with E-state index in [0.717, 1.165) is 53.2 Å². The number of aliphatic hydroxyl groups excluding tert-OH is 1. The van der Waals surface area contributed by atoms with Crippen LogP contribution in [-0.4, -0.2) is 72.9 Å². The Kier molecular flexibility index (Phi) is 11.4. The first-order chi connectivity index (χ1) is 28.1. The molecule has 6 atom stereocenters. The molecule has 1 aromatic heterocycles. The molecule has 1 spiro atoms. The number of amides is 2. The van der Waals surface area contributed by atoms with Crippen molar-refractivity contribution in [3.8, 4) is 5.75 Å². The lowest BCUT2D eigenvalue weighted by Crippen LogP contribution is -2.51. The number of hydrogen-bond donors (Lipinski definition) is 3. The van der Waals surface area contributed by atoms with Crippen molar-refractivity contribution in [3.05, 3.63) is 132 Å². The summed E-state index contributed by atoms with van der Waals surface area (Å²) in [5, 5.41) is 27.0. The van der Waals surface area contributed by atoms with Gasteiger partial charge in [-0.1, -0.05) is 103 Å². The molecular weight excluding hydrogens is 745 g/mol. The van der Waals surface area contributed by atoms with Crippen LogP contribution in [0.1, 0.15) is 54.5 Å².